The number of fused-ring (bicyclic) bond motifs is 1. The quantitative estimate of drug-likeness (QED) is 0.799. The molecule has 1 atom stereocenters. The van der Waals surface area contributed by atoms with Crippen LogP contribution < -0.4 is 4.74 Å². The van der Waals surface area contributed by atoms with E-state index in [1.54, 1.807) is 0 Å². The SMILES string of the molecule is CN1CCC2(CC1)C[C@H](O)c1ccc(Br)cc1O2. The Morgan fingerprint density at radius 1 is 1.39 bits per heavy atom. The van der Waals surface area contributed by atoms with Crippen molar-refractivity contribution in [2.24, 2.45) is 0 Å². The van der Waals surface area contributed by atoms with E-state index in [9.17, 15) is 5.11 Å². The summed E-state index contributed by atoms with van der Waals surface area (Å²) in [6.45, 7) is 2.08. The van der Waals surface area contributed by atoms with Crippen molar-refractivity contribution in [3.63, 3.8) is 0 Å². The Morgan fingerprint density at radius 3 is 2.83 bits per heavy atom. The molecule has 0 radical (unpaired) electrons. The first-order valence-electron chi connectivity index (χ1n) is 6.43. The van der Waals surface area contributed by atoms with Gasteiger partial charge in [0.25, 0.3) is 0 Å². The Labute approximate surface area is 116 Å². The molecule has 0 saturated carbocycles. The number of hydrogen-bond acceptors (Lipinski definition) is 3. The lowest BCUT2D eigenvalue weighted by Crippen LogP contribution is -2.49. The molecule has 1 aromatic rings. The van der Waals surface area contributed by atoms with Gasteiger partial charge >= 0.3 is 0 Å². The zero-order valence-corrected chi connectivity index (χ0v) is 12.1. The summed E-state index contributed by atoms with van der Waals surface area (Å²) in [5.41, 5.74) is 0.752. The number of likely N-dealkylation sites (tertiary alicyclic amines) is 1. The molecule has 3 nitrogen and oxygen atoms in total. The molecular weight excluding hydrogens is 294 g/mol. The van der Waals surface area contributed by atoms with E-state index in [4.69, 9.17) is 4.74 Å². The zero-order valence-electron chi connectivity index (χ0n) is 10.5. The van der Waals surface area contributed by atoms with E-state index >= 15 is 0 Å². The highest BCUT2D eigenvalue weighted by Crippen LogP contribution is 2.44. The van der Waals surface area contributed by atoms with Gasteiger partial charge in [-0.05, 0) is 32.0 Å². The van der Waals surface area contributed by atoms with Gasteiger partial charge in [-0.15, -0.1) is 0 Å². The fraction of sp³-hybridized carbons (Fsp3) is 0.571. The third kappa shape index (κ3) is 2.17. The molecule has 0 amide bonds. The van der Waals surface area contributed by atoms with Crippen LogP contribution in [0.2, 0.25) is 0 Å². The monoisotopic (exact) mass is 311 g/mol. The van der Waals surface area contributed by atoms with E-state index in [0.717, 1.165) is 48.1 Å². The minimum absolute atomic E-state index is 0.167. The van der Waals surface area contributed by atoms with Crippen LogP contribution in [0, 0.1) is 0 Å². The molecule has 1 aromatic carbocycles. The molecule has 1 saturated heterocycles. The molecule has 1 spiro atoms. The summed E-state index contributed by atoms with van der Waals surface area (Å²) in [4.78, 5) is 2.32. The van der Waals surface area contributed by atoms with Gasteiger partial charge in [-0.1, -0.05) is 22.0 Å². The normalized spacial score (nSPS) is 26.7. The maximum Gasteiger partial charge on any atom is 0.127 e. The molecule has 3 rings (SSSR count). The third-order valence-electron chi connectivity index (χ3n) is 4.12. The van der Waals surface area contributed by atoms with E-state index in [1.165, 1.54) is 0 Å². The first-order chi connectivity index (χ1) is 8.58. The molecule has 2 aliphatic heterocycles. The molecule has 2 aliphatic rings. The number of ether oxygens (including phenoxy) is 1. The molecule has 2 heterocycles. The number of piperidine rings is 1. The Hall–Kier alpha value is -0.580. The summed E-state index contributed by atoms with van der Waals surface area (Å²) in [5, 5.41) is 10.3. The van der Waals surface area contributed by atoms with Crippen LogP contribution in [0.25, 0.3) is 0 Å². The molecule has 98 valence electrons. The fourth-order valence-corrected chi connectivity index (χ4v) is 3.28. The fourth-order valence-electron chi connectivity index (χ4n) is 2.94. The van der Waals surface area contributed by atoms with Gasteiger partial charge in [0.1, 0.15) is 11.4 Å². The molecular formula is C14H18BrNO2. The van der Waals surface area contributed by atoms with Crippen LogP contribution in [0.5, 0.6) is 5.75 Å². The lowest BCUT2D eigenvalue weighted by molar-refractivity contribution is -0.0504. The van der Waals surface area contributed by atoms with Gasteiger partial charge in [0.2, 0.25) is 0 Å². The average Bonchev–Trinajstić information content (AvgIpc) is 2.33. The van der Waals surface area contributed by atoms with Crippen molar-refractivity contribution in [3.05, 3.63) is 28.2 Å². The molecule has 1 N–H and O–H groups in total. The highest BCUT2D eigenvalue weighted by molar-refractivity contribution is 9.10. The van der Waals surface area contributed by atoms with Crippen LogP contribution in [0.15, 0.2) is 22.7 Å². The van der Waals surface area contributed by atoms with Gasteiger partial charge in [-0.2, -0.15) is 0 Å². The molecule has 18 heavy (non-hydrogen) atoms. The van der Waals surface area contributed by atoms with Crippen LogP contribution in [-0.4, -0.2) is 35.7 Å². The van der Waals surface area contributed by atoms with Crippen LogP contribution in [0.3, 0.4) is 0 Å². The standard InChI is InChI=1S/C14H18BrNO2/c1-16-6-4-14(5-7-16)9-12(17)11-3-2-10(15)8-13(11)18-14/h2-3,8,12,17H,4-7,9H2,1H3/t12-/m0/s1. The second-order valence-electron chi connectivity index (χ2n) is 5.49. The van der Waals surface area contributed by atoms with Crippen LogP contribution in [0.1, 0.15) is 30.9 Å². The van der Waals surface area contributed by atoms with Crippen molar-refractivity contribution in [3.8, 4) is 5.75 Å². The van der Waals surface area contributed by atoms with Crippen LogP contribution in [0.4, 0.5) is 0 Å². The van der Waals surface area contributed by atoms with Crippen LogP contribution in [-0.2, 0) is 0 Å². The van der Waals surface area contributed by atoms with Crippen molar-refractivity contribution in [1.29, 1.82) is 0 Å². The van der Waals surface area contributed by atoms with Gasteiger partial charge in [0.05, 0.1) is 6.10 Å². The van der Waals surface area contributed by atoms with Crippen molar-refractivity contribution >= 4 is 15.9 Å². The third-order valence-corrected chi connectivity index (χ3v) is 4.62. The largest absolute Gasteiger partial charge is 0.487 e. The van der Waals surface area contributed by atoms with Crippen molar-refractivity contribution in [2.75, 3.05) is 20.1 Å². The molecule has 4 heteroatoms. The van der Waals surface area contributed by atoms with Crippen molar-refractivity contribution < 1.29 is 9.84 Å². The minimum atomic E-state index is -0.398. The molecule has 0 bridgehead atoms. The zero-order chi connectivity index (χ0) is 12.8. The number of aliphatic hydroxyl groups is 1. The van der Waals surface area contributed by atoms with Gasteiger partial charge in [-0.3, -0.25) is 0 Å². The van der Waals surface area contributed by atoms with E-state index in [-0.39, 0.29) is 5.60 Å². The molecule has 0 unspecified atom stereocenters. The van der Waals surface area contributed by atoms with Gasteiger partial charge in [-0.25, -0.2) is 0 Å². The van der Waals surface area contributed by atoms with E-state index < -0.39 is 6.10 Å². The summed E-state index contributed by atoms with van der Waals surface area (Å²) in [6, 6.07) is 5.88. The first-order valence-corrected chi connectivity index (χ1v) is 7.22. The Bertz CT molecular complexity index is 455. The first kappa shape index (κ1) is 12.5. The van der Waals surface area contributed by atoms with Gasteiger partial charge < -0.3 is 14.7 Å². The summed E-state index contributed by atoms with van der Waals surface area (Å²) >= 11 is 3.46. The highest BCUT2D eigenvalue weighted by atomic mass is 79.9. The topological polar surface area (TPSA) is 32.7 Å². The second kappa shape index (κ2) is 4.51. The average molecular weight is 312 g/mol. The predicted molar refractivity (Wildman–Crippen MR) is 73.8 cm³/mol. The number of benzene rings is 1. The minimum Gasteiger partial charge on any atom is -0.487 e. The predicted octanol–water partition coefficient (Wildman–Crippen LogP) is 2.73. The lowest BCUT2D eigenvalue weighted by atomic mass is 9.82. The maximum atomic E-state index is 10.3. The van der Waals surface area contributed by atoms with Crippen molar-refractivity contribution in [2.45, 2.75) is 31.0 Å². The number of rotatable bonds is 0. The summed E-state index contributed by atoms with van der Waals surface area (Å²) in [5.74, 6) is 0.840. The van der Waals surface area contributed by atoms with E-state index in [0.29, 0.717) is 0 Å². The molecule has 0 aliphatic carbocycles. The second-order valence-corrected chi connectivity index (χ2v) is 6.41. The molecule has 1 fully saturated rings. The van der Waals surface area contributed by atoms with Gasteiger partial charge in [0, 0.05) is 29.5 Å². The van der Waals surface area contributed by atoms with Gasteiger partial charge in [0.15, 0.2) is 0 Å². The number of aliphatic hydroxyl groups excluding tert-OH is 1. The number of halogens is 1. The highest BCUT2D eigenvalue weighted by Gasteiger charge is 2.42. The molecule has 0 aromatic heterocycles. The Morgan fingerprint density at radius 2 is 2.11 bits per heavy atom. The Kier molecular flexibility index (Phi) is 3.12. The summed E-state index contributed by atoms with van der Waals surface area (Å²) in [7, 11) is 2.14. The van der Waals surface area contributed by atoms with Crippen LogP contribution >= 0.6 is 15.9 Å². The number of hydrogen-bond donors (Lipinski definition) is 1. The van der Waals surface area contributed by atoms with E-state index in [1.807, 2.05) is 18.2 Å². The lowest BCUT2D eigenvalue weighted by Gasteiger charge is -2.45. The van der Waals surface area contributed by atoms with Crippen molar-refractivity contribution in [1.82, 2.24) is 4.90 Å². The maximum absolute atomic E-state index is 10.3. The summed E-state index contributed by atoms with van der Waals surface area (Å²) in [6.07, 6.45) is 2.30. The smallest absolute Gasteiger partial charge is 0.127 e. The number of nitrogens with zero attached hydrogens (tertiary/aromatic N) is 1. The van der Waals surface area contributed by atoms with E-state index in [2.05, 4.69) is 27.9 Å². The summed E-state index contributed by atoms with van der Waals surface area (Å²) < 4.78 is 7.24. The Balaban J connectivity index is 1.90.